The molecule has 0 N–H and O–H groups in total. The highest BCUT2D eigenvalue weighted by atomic mass is 15.4. The summed E-state index contributed by atoms with van der Waals surface area (Å²) in [6.07, 6.45) is 4.33. The van der Waals surface area contributed by atoms with Gasteiger partial charge in [-0.2, -0.15) is 4.52 Å². The van der Waals surface area contributed by atoms with E-state index in [4.69, 9.17) is 4.98 Å². The lowest BCUT2D eigenvalue weighted by molar-refractivity contribution is 0.486. The second-order valence-electron chi connectivity index (χ2n) is 6.93. The average molecular weight is 336 g/mol. The van der Waals surface area contributed by atoms with Gasteiger partial charge in [-0.05, 0) is 38.0 Å². The fourth-order valence-electron chi connectivity index (χ4n) is 3.23. The fourth-order valence-corrected chi connectivity index (χ4v) is 3.23. The van der Waals surface area contributed by atoms with Crippen molar-refractivity contribution in [3.8, 4) is 0 Å². The minimum atomic E-state index is 0.432. The Labute approximate surface area is 145 Å². The Morgan fingerprint density at radius 1 is 1.12 bits per heavy atom. The van der Waals surface area contributed by atoms with E-state index in [2.05, 4.69) is 37.1 Å². The van der Waals surface area contributed by atoms with Crippen molar-refractivity contribution in [1.29, 1.82) is 0 Å². The van der Waals surface area contributed by atoms with Crippen LogP contribution in [-0.2, 0) is 0 Å². The van der Waals surface area contributed by atoms with E-state index in [0.29, 0.717) is 12.0 Å². The van der Waals surface area contributed by atoms with Gasteiger partial charge in [-0.15, -0.1) is 15.3 Å². The third kappa shape index (κ3) is 2.48. The first kappa shape index (κ1) is 14.6. The molecule has 1 saturated heterocycles. The molecule has 1 saturated carbocycles. The molecule has 0 atom stereocenters. The summed E-state index contributed by atoms with van der Waals surface area (Å²) >= 11 is 0. The molecule has 5 rings (SSSR count). The fraction of sp³-hybridized carbons (Fsp3) is 0.471. The Morgan fingerprint density at radius 2 is 1.96 bits per heavy atom. The van der Waals surface area contributed by atoms with Crippen molar-refractivity contribution in [3.05, 3.63) is 36.0 Å². The largest absolute Gasteiger partial charge is 0.353 e. The molecule has 8 heteroatoms. The van der Waals surface area contributed by atoms with E-state index in [1.807, 2.05) is 31.3 Å². The zero-order chi connectivity index (χ0) is 17.0. The third-order valence-electron chi connectivity index (χ3n) is 5.10. The van der Waals surface area contributed by atoms with Gasteiger partial charge in [0.15, 0.2) is 11.5 Å². The van der Waals surface area contributed by atoms with Crippen LogP contribution < -0.4 is 9.80 Å². The molecule has 4 heterocycles. The van der Waals surface area contributed by atoms with E-state index in [1.54, 1.807) is 4.52 Å². The molecular formula is C17H20N8. The second-order valence-corrected chi connectivity index (χ2v) is 6.93. The van der Waals surface area contributed by atoms with Crippen LogP contribution in [0.25, 0.3) is 5.65 Å². The molecular weight excluding hydrogens is 316 g/mol. The minimum absolute atomic E-state index is 0.432. The summed E-state index contributed by atoms with van der Waals surface area (Å²) in [5.41, 5.74) is 0.782. The molecule has 0 radical (unpaired) electrons. The normalized spacial score (nSPS) is 17.8. The average Bonchev–Trinajstić information content (AvgIpc) is 3.38. The highest BCUT2D eigenvalue weighted by Gasteiger charge is 2.33. The Hall–Kier alpha value is -2.77. The first-order chi connectivity index (χ1) is 12.2. The number of nitrogens with zero attached hydrogens (tertiary/aromatic N) is 8. The summed E-state index contributed by atoms with van der Waals surface area (Å²) in [6, 6.07) is 6.40. The van der Waals surface area contributed by atoms with Gasteiger partial charge in [0, 0.05) is 32.3 Å². The number of hydrogen-bond acceptors (Lipinski definition) is 7. The number of aryl methyl sites for hydroxylation is 1. The Kier molecular flexibility index (Phi) is 3.13. The maximum Gasteiger partial charge on any atom is 0.178 e. The topological polar surface area (TPSA) is 75.3 Å². The van der Waals surface area contributed by atoms with Crippen LogP contribution >= 0.6 is 0 Å². The van der Waals surface area contributed by atoms with Gasteiger partial charge < -0.3 is 9.80 Å². The van der Waals surface area contributed by atoms with Gasteiger partial charge in [0.05, 0.1) is 6.04 Å². The minimum Gasteiger partial charge on any atom is -0.353 e. The molecule has 0 bridgehead atoms. The summed E-state index contributed by atoms with van der Waals surface area (Å²) < 4.78 is 1.79. The highest BCUT2D eigenvalue weighted by molar-refractivity contribution is 5.50. The van der Waals surface area contributed by atoms with E-state index in [9.17, 15) is 0 Å². The van der Waals surface area contributed by atoms with E-state index < -0.39 is 0 Å². The Bertz CT molecular complexity index is 925. The van der Waals surface area contributed by atoms with Gasteiger partial charge in [-0.25, -0.2) is 9.97 Å². The van der Waals surface area contributed by atoms with E-state index in [1.165, 1.54) is 12.8 Å². The summed E-state index contributed by atoms with van der Waals surface area (Å²) in [4.78, 5) is 13.7. The van der Waals surface area contributed by atoms with Crippen molar-refractivity contribution in [3.63, 3.8) is 0 Å². The lowest BCUT2D eigenvalue weighted by atomic mass is 10.1. The van der Waals surface area contributed by atoms with Crippen LogP contribution in [0.4, 0.5) is 11.6 Å². The van der Waals surface area contributed by atoms with Gasteiger partial charge in [-0.3, -0.25) is 0 Å². The molecule has 2 aliphatic rings. The molecule has 0 amide bonds. The van der Waals surface area contributed by atoms with E-state index in [-0.39, 0.29) is 0 Å². The number of anilines is 2. The molecule has 3 aromatic heterocycles. The van der Waals surface area contributed by atoms with Crippen molar-refractivity contribution in [2.45, 2.75) is 31.7 Å². The van der Waals surface area contributed by atoms with Crippen LogP contribution in [0.3, 0.4) is 0 Å². The highest BCUT2D eigenvalue weighted by Crippen LogP contribution is 2.38. The maximum absolute atomic E-state index is 4.74. The van der Waals surface area contributed by atoms with Crippen molar-refractivity contribution >= 4 is 17.3 Å². The van der Waals surface area contributed by atoms with Gasteiger partial charge >= 0.3 is 0 Å². The smallest absolute Gasteiger partial charge is 0.178 e. The number of hydrogen-bond donors (Lipinski definition) is 0. The maximum atomic E-state index is 4.74. The van der Waals surface area contributed by atoms with Crippen LogP contribution in [0.2, 0.25) is 0 Å². The lowest BCUT2D eigenvalue weighted by Crippen LogP contribution is -2.59. The zero-order valence-corrected chi connectivity index (χ0v) is 14.4. The summed E-state index contributed by atoms with van der Waals surface area (Å²) in [7, 11) is 2.11. The first-order valence-corrected chi connectivity index (χ1v) is 8.69. The lowest BCUT2D eigenvalue weighted by Gasteiger charge is -2.44. The van der Waals surface area contributed by atoms with E-state index in [0.717, 1.165) is 42.0 Å². The molecule has 0 aromatic carbocycles. The van der Waals surface area contributed by atoms with Crippen molar-refractivity contribution < 1.29 is 0 Å². The van der Waals surface area contributed by atoms with Gasteiger partial charge in [-0.1, -0.05) is 0 Å². The summed E-state index contributed by atoms with van der Waals surface area (Å²) in [5.74, 6) is 4.35. The predicted octanol–water partition coefficient (Wildman–Crippen LogP) is 1.43. The molecule has 8 nitrogen and oxygen atoms in total. The van der Waals surface area contributed by atoms with Crippen LogP contribution in [0.15, 0.2) is 24.4 Å². The molecule has 0 unspecified atom stereocenters. The van der Waals surface area contributed by atoms with Crippen LogP contribution in [-0.4, -0.2) is 56.0 Å². The van der Waals surface area contributed by atoms with Crippen molar-refractivity contribution in [1.82, 2.24) is 29.8 Å². The molecule has 3 aromatic rings. The number of likely N-dealkylation sites (N-methyl/N-ethyl adjacent to an activating group) is 1. The van der Waals surface area contributed by atoms with Crippen molar-refractivity contribution in [2.24, 2.45) is 0 Å². The van der Waals surface area contributed by atoms with Crippen LogP contribution in [0, 0.1) is 6.92 Å². The zero-order valence-electron chi connectivity index (χ0n) is 14.4. The number of aromatic nitrogens is 6. The second kappa shape index (κ2) is 5.37. The third-order valence-corrected chi connectivity index (χ3v) is 5.10. The number of fused-ring (bicyclic) bond motifs is 1. The quantitative estimate of drug-likeness (QED) is 0.713. The predicted molar refractivity (Wildman–Crippen MR) is 93.9 cm³/mol. The van der Waals surface area contributed by atoms with Crippen LogP contribution in [0.5, 0.6) is 0 Å². The first-order valence-electron chi connectivity index (χ1n) is 8.69. The molecule has 128 valence electrons. The Morgan fingerprint density at radius 3 is 2.76 bits per heavy atom. The van der Waals surface area contributed by atoms with Crippen molar-refractivity contribution in [2.75, 3.05) is 29.9 Å². The number of rotatable bonds is 4. The SMILES string of the molecule is Cc1nnc2ccc(N3CC(N(C)c4ccnc(C5CC5)n4)C3)nn12. The Balaban J connectivity index is 1.30. The van der Waals surface area contributed by atoms with Gasteiger partial charge in [0.25, 0.3) is 0 Å². The molecule has 0 spiro atoms. The molecule has 1 aliphatic heterocycles. The monoisotopic (exact) mass is 336 g/mol. The summed E-state index contributed by atoms with van der Waals surface area (Å²) in [6.45, 7) is 3.77. The summed E-state index contributed by atoms with van der Waals surface area (Å²) in [5, 5.41) is 12.8. The molecule has 25 heavy (non-hydrogen) atoms. The van der Waals surface area contributed by atoms with Gasteiger partial charge in [0.2, 0.25) is 0 Å². The van der Waals surface area contributed by atoms with Crippen LogP contribution in [0.1, 0.15) is 30.4 Å². The molecule has 2 fully saturated rings. The standard InChI is InChI=1S/C17H20N8/c1-11-20-21-15-5-6-16(22-25(11)15)24-9-13(10-24)23(2)14-7-8-18-17(19-14)12-3-4-12/h5-8,12-13H,3-4,9-10H2,1-2H3. The van der Waals surface area contributed by atoms with E-state index >= 15 is 0 Å². The molecule has 1 aliphatic carbocycles. The van der Waals surface area contributed by atoms with Gasteiger partial charge in [0.1, 0.15) is 17.5 Å².